The molecule has 1 atom stereocenters. The van der Waals surface area contributed by atoms with Gasteiger partial charge in [-0.1, -0.05) is 19.6 Å². The third kappa shape index (κ3) is 1.92. The largest absolute Gasteiger partial charge is 0.324 e. The van der Waals surface area contributed by atoms with E-state index in [0.717, 1.165) is 17.7 Å². The van der Waals surface area contributed by atoms with Gasteiger partial charge in [0.2, 0.25) is 0 Å². The number of nitrogens with zero attached hydrogens (tertiary/aromatic N) is 1. The smallest absolute Gasteiger partial charge is 0.0623 e. The van der Waals surface area contributed by atoms with E-state index in [0.29, 0.717) is 0 Å². The van der Waals surface area contributed by atoms with Gasteiger partial charge in [0.25, 0.3) is 0 Å². The highest BCUT2D eigenvalue weighted by atomic mass is 14.7. The number of nitrogens with two attached hydrogens (primary N) is 1. The minimum absolute atomic E-state index is 0.108. The standard InChI is InChI=1S/C10H14N2/c1-3-9-6-5-8(7-12-9)10(11)4-2/h3,5-7,10H,1,4,11H2,2H3/t10-/m0/s1. The molecular weight excluding hydrogens is 148 g/mol. The van der Waals surface area contributed by atoms with Gasteiger partial charge in [0.05, 0.1) is 5.69 Å². The predicted molar refractivity (Wildman–Crippen MR) is 51.5 cm³/mol. The zero-order chi connectivity index (χ0) is 8.97. The van der Waals surface area contributed by atoms with Crippen LogP contribution in [-0.4, -0.2) is 4.98 Å². The molecule has 0 amide bonds. The van der Waals surface area contributed by atoms with E-state index in [1.165, 1.54) is 0 Å². The first kappa shape index (κ1) is 8.94. The van der Waals surface area contributed by atoms with Crippen molar-refractivity contribution < 1.29 is 0 Å². The lowest BCUT2D eigenvalue weighted by atomic mass is 10.1. The van der Waals surface area contributed by atoms with E-state index in [2.05, 4.69) is 18.5 Å². The topological polar surface area (TPSA) is 38.9 Å². The lowest BCUT2D eigenvalue weighted by Gasteiger charge is -2.07. The van der Waals surface area contributed by atoms with Crippen LogP contribution in [0, 0.1) is 0 Å². The summed E-state index contributed by atoms with van der Waals surface area (Å²) >= 11 is 0. The lowest BCUT2D eigenvalue weighted by Crippen LogP contribution is -2.08. The summed E-state index contributed by atoms with van der Waals surface area (Å²) in [4.78, 5) is 4.17. The third-order valence-electron chi connectivity index (χ3n) is 1.89. The minimum atomic E-state index is 0.108. The first-order chi connectivity index (χ1) is 5.77. The fraction of sp³-hybridized carbons (Fsp3) is 0.300. The molecule has 0 aromatic carbocycles. The average Bonchev–Trinajstić information content (AvgIpc) is 2.17. The second-order valence-corrected chi connectivity index (χ2v) is 2.74. The summed E-state index contributed by atoms with van der Waals surface area (Å²) in [6, 6.07) is 4.03. The maximum atomic E-state index is 5.82. The van der Waals surface area contributed by atoms with E-state index >= 15 is 0 Å². The van der Waals surface area contributed by atoms with Gasteiger partial charge in [-0.3, -0.25) is 4.98 Å². The van der Waals surface area contributed by atoms with E-state index in [4.69, 9.17) is 5.73 Å². The van der Waals surface area contributed by atoms with Crippen molar-refractivity contribution >= 4 is 6.08 Å². The molecule has 1 aromatic rings. The van der Waals surface area contributed by atoms with E-state index in [1.54, 1.807) is 6.08 Å². The van der Waals surface area contributed by atoms with Gasteiger partial charge in [-0.2, -0.15) is 0 Å². The van der Waals surface area contributed by atoms with Crippen LogP contribution in [0.3, 0.4) is 0 Å². The van der Waals surface area contributed by atoms with Crippen LogP contribution < -0.4 is 5.73 Å². The van der Waals surface area contributed by atoms with Gasteiger partial charge in [-0.25, -0.2) is 0 Å². The molecule has 0 aliphatic rings. The Hall–Kier alpha value is -1.15. The van der Waals surface area contributed by atoms with Crippen LogP contribution in [0.25, 0.3) is 6.08 Å². The number of hydrogen-bond donors (Lipinski definition) is 1. The van der Waals surface area contributed by atoms with Crippen LogP contribution in [-0.2, 0) is 0 Å². The fourth-order valence-corrected chi connectivity index (χ4v) is 0.993. The molecule has 2 heteroatoms. The van der Waals surface area contributed by atoms with Gasteiger partial charge in [0, 0.05) is 12.2 Å². The van der Waals surface area contributed by atoms with Gasteiger partial charge < -0.3 is 5.73 Å². The highest BCUT2D eigenvalue weighted by Crippen LogP contribution is 2.12. The zero-order valence-corrected chi connectivity index (χ0v) is 7.33. The minimum Gasteiger partial charge on any atom is -0.324 e. The second-order valence-electron chi connectivity index (χ2n) is 2.74. The van der Waals surface area contributed by atoms with Crippen molar-refractivity contribution in [2.75, 3.05) is 0 Å². The Kier molecular flexibility index (Phi) is 3.00. The first-order valence-corrected chi connectivity index (χ1v) is 4.12. The molecule has 1 heterocycles. The molecule has 2 nitrogen and oxygen atoms in total. The molecule has 1 aromatic heterocycles. The van der Waals surface area contributed by atoms with Crippen LogP contribution in [0.5, 0.6) is 0 Å². The predicted octanol–water partition coefficient (Wildman–Crippen LogP) is 2.13. The molecule has 0 unspecified atom stereocenters. The molecule has 12 heavy (non-hydrogen) atoms. The summed E-state index contributed by atoms with van der Waals surface area (Å²) < 4.78 is 0. The Balaban J connectivity index is 2.84. The normalized spacial score (nSPS) is 12.5. The van der Waals surface area contributed by atoms with Crippen LogP contribution >= 0.6 is 0 Å². The average molecular weight is 162 g/mol. The Morgan fingerprint density at radius 3 is 2.83 bits per heavy atom. The molecule has 0 radical (unpaired) electrons. The molecule has 0 bridgehead atoms. The van der Waals surface area contributed by atoms with E-state index < -0.39 is 0 Å². The number of pyridine rings is 1. The van der Waals surface area contributed by atoms with Crippen molar-refractivity contribution in [3.05, 3.63) is 36.2 Å². The Labute approximate surface area is 73.1 Å². The molecule has 2 N–H and O–H groups in total. The van der Waals surface area contributed by atoms with Crippen molar-refractivity contribution in [3.63, 3.8) is 0 Å². The third-order valence-corrected chi connectivity index (χ3v) is 1.89. The van der Waals surface area contributed by atoms with Crippen LogP contribution in [0.4, 0.5) is 0 Å². The summed E-state index contributed by atoms with van der Waals surface area (Å²) in [7, 11) is 0. The molecule has 64 valence electrons. The lowest BCUT2D eigenvalue weighted by molar-refractivity contribution is 0.695. The Bertz CT molecular complexity index is 251. The van der Waals surface area contributed by atoms with Gasteiger partial charge >= 0.3 is 0 Å². The Morgan fingerprint density at radius 1 is 1.67 bits per heavy atom. The van der Waals surface area contributed by atoms with Crippen molar-refractivity contribution in [1.82, 2.24) is 4.98 Å². The fourth-order valence-electron chi connectivity index (χ4n) is 0.993. The molecule has 1 rings (SSSR count). The molecule has 0 saturated carbocycles. The van der Waals surface area contributed by atoms with Crippen LogP contribution in [0.15, 0.2) is 24.9 Å². The summed E-state index contributed by atoms with van der Waals surface area (Å²) in [5.74, 6) is 0. The van der Waals surface area contributed by atoms with E-state index in [-0.39, 0.29) is 6.04 Å². The highest BCUT2D eigenvalue weighted by molar-refractivity contribution is 5.41. The van der Waals surface area contributed by atoms with Crippen LogP contribution in [0.1, 0.15) is 30.6 Å². The summed E-state index contributed by atoms with van der Waals surface area (Å²) in [6.07, 6.45) is 4.47. The van der Waals surface area contributed by atoms with Gasteiger partial charge in [-0.05, 0) is 24.1 Å². The summed E-state index contributed by atoms with van der Waals surface area (Å²) in [6.45, 7) is 5.69. The number of rotatable bonds is 3. The molecule has 0 aliphatic carbocycles. The zero-order valence-electron chi connectivity index (χ0n) is 7.33. The SMILES string of the molecule is C=Cc1ccc([C@@H](N)CC)cn1. The quantitative estimate of drug-likeness (QED) is 0.739. The van der Waals surface area contributed by atoms with E-state index in [1.807, 2.05) is 18.3 Å². The maximum absolute atomic E-state index is 5.82. The summed E-state index contributed by atoms with van der Waals surface area (Å²) in [5, 5.41) is 0. The molecule has 0 saturated heterocycles. The highest BCUT2D eigenvalue weighted by Gasteiger charge is 2.01. The monoisotopic (exact) mass is 162 g/mol. The van der Waals surface area contributed by atoms with Gasteiger partial charge in [0.15, 0.2) is 0 Å². The van der Waals surface area contributed by atoms with Crippen molar-refractivity contribution in [3.8, 4) is 0 Å². The summed E-state index contributed by atoms with van der Waals surface area (Å²) in [5.41, 5.74) is 7.80. The molecule has 0 fully saturated rings. The van der Waals surface area contributed by atoms with Crippen molar-refractivity contribution in [1.29, 1.82) is 0 Å². The Morgan fingerprint density at radius 2 is 2.42 bits per heavy atom. The van der Waals surface area contributed by atoms with Crippen molar-refractivity contribution in [2.24, 2.45) is 5.73 Å². The molecule has 0 aliphatic heterocycles. The van der Waals surface area contributed by atoms with Gasteiger partial charge in [-0.15, -0.1) is 0 Å². The van der Waals surface area contributed by atoms with E-state index in [9.17, 15) is 0 Å². The second kappa shape index (κ2) is 4.02. The number of aromatic nitrogens is 1. The first-order valence-electron chi connectivity index (χ1n) is 4.12. The van der Waals surface area contributed by atoms with Gasteiger partial charge in [0.1, 0.15) is 0 Å². The molecular formula is C10H14N2. The number of hydrogen-bond acceptors (Lipinski definition) is 2. The van der Waals surface area contributed by atoms with Crippen LogP contribution in [0.2, 0.25) is 0 Å². The molecule has 0 spiro atoms. The maximum Gasteiger partial charge on any atom is 0.0623 e. The van der Waals surface area contributed by atoms with Crippen molar-refractivity contribution in [2.45, 2.75) is 19.4 Å².